The highest BCUT2D eigenvalue weighted by Crippen LogP contribution is 2.07. The van der Waals surface area contributed by atoms with Gasteiger partial charge in [0.15, 0.2) is 0 Å². The first kappa shape index (κ1) is 56.3. The lowest BCUT2D eigenvalue weighted by atomic mass is 10.1. The normalized spacial score (nSPS) is 8.44. The lowest BCUT2D eigenvalue weighted by Gasteiger charge is -1.98. The van der Waals surface area contributed by atoms with Gasteiger partial charge in [-0.05, 0) is 90.8 Å². The monoisotopic (exact) mass is 687 g/mol. The van der Waals surface area contributed by atoms with Gasteiger partial charge in [0.05, 0.1) is 0 Å². The van der Waals surface area contributed by atoms with Crippen molar-refractivity contribution >= 4 is 0 Å². The van der Waals surface area contributed by atoms with E-state index in [2.05, 4.69) is 166 Å². The van der Waals surface area contributed by atoms with Gasteiger partial charge in [-0.2, -0.15) is 0 Å². The summed E-state index contributed by atoms with van der Waals surface area (Å²) in [6.07, 6.45) is 9.27. The molecule has 0 unspecified atom stereocenters. The molecule has 0 atom stereocenters. The van der Waals surface area contributed by atoms with Crippen molar-refractivity contribution < 1.29 is 0 Å². The smallest absolute Gasteiger partial charge is 0.0307 e. The van der Waals surface area contributed by atoms with Crippen LogP contribution in [0.5, 0.6) is 0 Å². The Morgan fingerprint density at radius 3 is 0.580 bits per heavy atom. The van der Waals surface area contributed by atoms with Gasteiger partial charge in [-0.25, -0.2) is 0 Å². The lowest BCUT2D eigenvalue weighted by molar-refractivity contribution is 1.09. The van der Waals surface area contributed by atoms with Crippen LogP contribution in [0.4, 0.5) is 0 Å². The maximum absolute atomic E-state index is 2.28. The minimum atomic E-state index is 1.14. The van der Waals surface area contributed by atoms with E-state index >= 15 is 0 Å². The zero-order valence-corrected chi connectivity index (χ0v) is 36.9. The summed E-state index contributed by atoms with van der Waals surface area (Å²) in [6.45, 7) is 37.7. The van der Waals surface area contributed by atoms with Gasteiger partial charge >= 0.3 is 0 Å². The van der Waals surface area contributed by atoms with Crippen molar-refractivity contribution in [1.82, 2.24) is 0 Å². The van der Waals surface area contributed by atoms with Crippen LogP contribution >= 0.6 is 0 Å². The van der Waals surface area contributed by atoms with Gasteiger partial charge < -0.3 is 0 Å². The van der Waals surface area contributed by atoms with Gasteiger partial charge in [0.1, 0.15) is 0 Å². The molecule has 4 aromatic carbocycles. The summed E-state index contributed by atoms with van der Waals surface area (Å²) < 4.78 is 0. The number of rotatable bonds is 7. The molecule has 0 bridgehead atoms. The fraction of sp³-hybridized carbons (Fsp3) is 0.520. The van der Waals surface area contributed by atoms with Crippen molar-refractivity contribution in [2.24, 2.45) is 0 Å². The Bertz CT molecular complexity index is 1010. The first-order chi connectivity index (χ1) is 24.3. The third-order valence-electron chi connectivity index (χ3n) is 6.91. The summed E-state index contributed by atoms with van der Waals surface area (Å²) in [7, 11) is 0. The van der Waals surface area contributed by atoms with Crippen molar-refractivity contribution in [3.05, 3.63) is 142 Å². The highest BCUT2D eigenvalue weighted by Gasteiger charge is 1.91. The molecule has 0 amide bonds. The highest BCUT2D eigenvalue weighted by atomic mass is 14.0. The molecule has 0 nitrogen and oxygen atoms in total. The van der Waals surface area contributed by atoms with E-state index in [4.69, 9.17) is 0 Å². The molecule has 286 valence electrons. The molecule has 50 heavy (non-hydrogen) atoms. The van der Waals surface area contributed by atoms with Gasteiger partial charge in [-0.1, -0.05) is 227 Å². The van der Waals surface area contributed by atoms with Gasteiger partial charge in [-0.15, -0.1) is 0 Å². The lowest BCUT2D eigenvalue weighted by Crippen LogP contribution is -1.83. The number of hydrogen-bond acceptors (Lipinski definition) is 0. The summed E-state index contributed by atoms with van der Waals surface area (Å²) in [5.41, 5.74) is 11.4. The largest absolute Gasteiger partial charge is 0.0683 e. The molecule has 4 rings (SSSR count). The quantitative estimate of drug-likeness (QED) is 0.181. The second-order valence-corrected chi connectivity index (χ2v) is 10.6. The van der Waals surface area contributed by atoms with Gasteiger partial charge in [0.25, 0.3) is 0 Å². The van der Waals surface area contributed by atoms with Gasteiger partial charge in [0.2, 0.25) is 0 Å². The molecule has 0 heterocycles. The van der Waals surface area contributed by atoms with Gasteiger partial charge in [-0.3, -0.25) is 0 Å². The molecule has 0 aliphatic carbocycles. The average Bonchev–Trinajstić information content (AvgIpc) is 3.21. The molecule has 0 saturated carbocycles. The second-order valence-electron chi connectivity index (χ2n) is 10.6. The van der Waals surface area contributed by atoms with Crippen molar-refractivity contribution in [3.8, 4) is 0 Å². The summed E-state index contributed by atoms with van der Waals surface area (Å²) in [6, 6.07) is 34.9. The van der Waals surface area contributed by atoms with E-state index in [1.54, 1.807) is 0 Å². The Morgan fingerprint density at radius 1 is 0.280 bits per heavy atom. The van der Waals surface area contributed by atoms with Crippen LogP contribution in [-0.4, -0.2) is 0 Å². The van der Waals surface area contributed by atoms with E-state index in [0.717, 1.165) is 44.9 Å². The molecule has 0 spiro atoms. The molecule has 0 radical (unpaired) electrons. The summed E-state index contributed by atoms with van der Waals surface area (Å²) in [5, 5.41) is 0. The zero-order chi connectivity index (χ0) is 39.6. The maximum Gasteiger partial charge on any atom is -0.0307 e. The van der Waals surface area contributed by atoms with Crippen molar-refractivity contribution in [3.63, 3.8) is 0 Å². The molecule has 0 aromatic heterocycles. The summed E-state index contributed by atoms with van der Waals surface area (Å²) in [5.74, 6) is 0. The van der Waals surface area contributed by atoms with E-state index in [1.165, 1.54) is 50.9 Å². The summed E-state index contributed by atoms with van der Waals surface area (Å²) >= 11 is 0. The molecule has 0 heteroatoms. The maximum atomic E-state index is 2.28. The van der Waals surface area contributed by atoms with Crippen LogP contribution < -0.4 is 0 Å². The fourth-order valence-corrected chi connectivity index (χ4v) is 4.14. The van der Waals surface area contributed by atoms with Gasteiger partial charge in [0, 0.05) is 0 Å². The molecule has 0 aliphatic rings. The third-order valence-corrected chi connectivity index (χ3v) is 6.91. The molecular weight excluding hydrogens is 601 g/mol. The molecule has 0 N–H and O–H groups in total. The van der Waals surface area contributed by atoms with E-state index in [-0.39, 0.29) is 0 Å². The molecule has 4 aromatic rings. The van der Waals surface area contributed by atoms with Crippen LogP contribution in [0.2, 0.25) is 0 Å². The van der Waals surface area contributed by atoms with Crippen molar-refractivity contribution in [1.29, 1.82) is 0 Å². The van der Waals surface area contributed by atoms with Crippen molar-refractivity contribution in [2.45, 2.75) is 176 Å². The fourth-order valence-electron chi connectivity index (χ4n) is 4.14. The predicted octanol–water partition coefficient (Wildman–Crippen LogP) is 16.5. The molecule has 0 aliphatic heterocycles. The Labute approximate surface area is 316 Å². The molecule has 0 fully saturated rings. The topological polar surface area (TPSA) is 0 Å². The van der Waals surface area contributed by atoms with E-state index < -0.39 is 0 Å². The number of aryl methyl sites for hydroxylation is 8. The standard InChI is InChI=1S/3C10H14.C9H12.C3H8.4C2H6/c3*1-3-9-6-5-7-10(4-2)8-9;1-3-9-6-4-5-8(2)7-9;1-3-2;4*1-2/h3*5-8H,3-4H2,1-2H3;4-7H,3H2,1-2H3;3H2,1-2H3;4*1-2H3. The first-order valence-electron chi connectivity index (χ1n) is 20.6. The number of hydrogen-bond donors (Lipinski definition) is 0. The second kappa shape index (κ2) is 45.9. The Balaban J connectivity index is -0.000000164. The Morgan fingerprint density at radius 2 is 0.440 bits per heavy atom. The molecular formula is C50H86. The Kier molecular flexibility index (Phi) is 51.6. The van der Waals surface area contributed by atoms with Crippen LogP contribution in [0.25, 0.3) is 0 Å². The molecule has 0 saturated heterocycles. The van der Waals surface area contributed by atoms with Crippen LogP contribution in [0.1, 0.15) is 169 Å². The minimum absolute atomic E-state index is 1.14. The zero-order valence-electron chi connectivity index (χ0n) is 36.9. The summed E-state index contributed by atoms with van der Waals surface area (Å²) in [4.78, 5) is 0. The minimum Gasteiger partial charge on any atom is -0.0683 e. The third kappa shape index (κ3) is 33.4. The first-order valence-corrected chi connectivity index (χ1v) is 20.6. The van der Waals surface area contributed by atoms with Crippen LogP contribution in [0.3, 0.4) is 0 Å². The SMILES string of the molecule is CC.CC.CC.CC.CCC.CCc1cccc(C)c1.CCc1cccc(CC)c1.CCc1cccc(CC)c1.CCc1cccc(CC)c1. The number of benzene rings is 4. The van der Waals surface area contributed by atoms with Crippen LogP contribution in [-0.2, 0) is 44.9 Å². The van der Waals surface area contributed by atoms with Crippen molar-refractivity contribution in [2.75, 3.05) is 0 Å². The van der Waals surface area contributed by atoms with E-state index in [1.807, 2.05) is 55.4 Å². The van der Waals surface area contributed by atoms with E-state index in [0.29, 0.717) is 0 Å². The average molecular weight is 687 g/mol. The predicted molar refractivity (Wildman–Crippen MR) is 238 cm³/mol. The van der Waals surface area contributed by atoms with Crippen LogP contribution in [0, 0.1) is 6.92 Å². The highest BCUT2D eigenvalue weighted by molar-refractivity contribution is 5.25. The van der Waals surface area contributed by atoms with Crippen LogP contribution in [0.15, 0.2) is 97.1 Å². The Hall–Kier alpha value is -3.12. The van der Waals surface area contributed by atoms with E-state index in [9.17, 15) is 0 Å².